The van der Waals surface area contributed by atoms with Crippen LogP contribution >= 0.6 is 0 Å². The van der Waals surface area contributed by atoms with E-state index in [0.717, 1.165) is 23.2 Å². The van der Waals surface area contributed by atoms with Crippen LogP contribution in [-0.2, 0) is 6.42 Å². The molecule has 0 bridgehead atoms. The number of aromatic nitrogens is 8. The number of carbonyl (C=O) groups excluding carboxylic acids is 1. The fourth-order valence-corrected chi connectivity index (χ4v) is 5.50. The van der Waals surface area contributed by atoms with Gasteiger partial charge in [0.05, 0.1) is 35.3 Å². The molecule has 0 saturated carbocycles. The van der Waals surface area contributed by atoms with Gasteiger partial charge in [-0.1, -0.05) is 6.07 Å². The maximum absolute atomic E-state index is 13.1. The van der Waals surface area contributed by atoms with Crippen molar-refractivity contribution in [2.45, 2.75) is 32.2 Å². The lowest BCUT2D eigenvalue weighted by atomic mass is 10.1. The van der Waals surface area contributed by atoms with Gasteiger partial charge in [-0.2, -0.15) is 10.2 Å². The smallest absolute Gasteiger partial charge is 0.280 e. The number of rotatable bonds is 6. The summed E-state index contributed by atoms with van der Waals surface area (Å²) in [5.74, 6) is 1.09. The van der Waals surface area contributed by atoms with Crippen molar-refractivity contribution >= 4 is 22.9 Å². The molecule has 0 radical (unpaired) electrons. The van der Waals surface area contributed by atoms with Gasteiger partial charge < -0.3 is 11.1 Å². The molecule has 0 spiro atoms. The fourth-order valence-electron chi connectivity index (χ4n) is 5.50. The molecule has 1 amide bonds. The lowest BCUT2D eigenvalue weighted by Gasteiger charge is -2.16. The zero-order valence-corrected chi connectivity index (χ0v) is 22.8. The highest BCUT2D eigenvalue weighted by Gasteiger charge is 2.27. The summed E-state index contributed by atoms with van der Waals surface area (Å²) in [6.07, 6.45) is 3.50. The maximum atomic E-state index is 13.1. The number of amides is 1. The zero-order valence-electron chi connectivity index (χ0n) is 22.8. The molecule has 0 saturated heterocycles. The topological polar surface area (TPSA) is 142 Å². The number of nitrogens with zero attached hydrogens (tertiary/aromatic N) is 8. The predicted molar refractivity (Wildman–Crippen MR) is 154 cm³/mol. The first kappa shape index (κ1) is 26.3. The Labute approximate surface area is 243 Å². The number of anilines is 1. The molecule has 1 aliphatic carbocycles. The van der Waals surface area contributed by atoms with Crippen LogP contribution in [0.2, 0.25) is 0 Å². The van der Waals surface area contributed by atoms with E-state index in [-0.39, 0.29) is 28.9 Å². The van der Waals surface area contributed by atoms with Crippen LogP contribution < -0.4 is 11.1 Å². The number of alkyl halides is 2. The molecule has 0 fully saturated rings. The van der Waals surface area contributed by atoms with Crippen molar-refractivity contribution in [3.05, 3.63) is 101 Å². The van der Waals surface area contributed by atoms with Gasteiger partial charge in [0.25, 0.3) is 12.3 Å². The number of nitrogen functional groups attached to an aromatic ring is 1. The van der Waals surface area contributed by atoms with Crippen LogP contribution in [0.15, 0.2) is 73.2 Å². The SMILES string of the molecule is Cc1nc(C(F)F)ccc1C(=O)N[C@H]1CCc2cc(-n3c(-c4cccnc4N)nc4ccc(-n5nccn5)nc43)ccc21. The quantitative estimate of drug-likeness (QED) is 0.290. The molecule has 7 rings (SSSR count). The van der Waals surface area contributed by atoms with E-state index in [0.29, 0.717) is 40.6 Å². The Morgan fingerprint density at radius 2 is 1.86 bits per heavy atom. The predicted octanol–water partition coefficient (Wildman–Crippen LogP) is 4.70. The number of hydrogen-bond donors (Lipinski definition) is 2. The molecule has 1 atom stereocenters. The van der Waals surface area contributed by atoms with Crippen LogP contribution in [0.3, 0.4) is 0 Å². The summed E-state index contributed by atoms with van der Waals surface area (Å²) >= 11 is 0. The number of carbonyl (C=O) groups is 1. The van der Waals surface area contributed by atoms with E-state index >= 15 is 0 Å². The van der Waals surface area contributed by atoms with Crippen LogP contribution in [0.1, 0.15) is 51.8 Å². The monoisotopic (exact) mass is 578 g/mol. The summed E-state index contributed by atoms with van der Waals surface area (Å²) in [4.78, 5) is 32.4. The lowest BCUT2D eigenvalue weighted by molar-refractivity contribution is 0.0934. The van der Waals surface area contributed by atoms with Gasteiger partial charge in [-0.25, -0.2) is 23.7 Å². The Balaban J connectivity index is 1.27. The minimum Gasteiger partial charge on any atom is -0.383 e. The molecule has 43 heavy (non-hydrogen) atoms. The first-order chi connectivity index (χ1) is 20.9. The summed E-state index contributed by atoms with van der Waals surface area (Å²) in [6.45, 7) is 1.56. The number of aryl methyl sites for hydroxylation is 2. The molecule has 5 aromatic heterocycles. The summed E-state index contributed by atoms with van der Waals surface area (Å²) in [7, 11) is 0. The second kappa shape index (κ2) is 10.4. The summed E-state index contributed by atoms with van der Waals surface area (Å²) in [5.41, 5.74) is 11.2. The highest BCUT2D eigenvalue weighted by atomic mass is 19.3. The van der Waals surface area contributed by atoms with Crippen molar-refractivity contribution < 1.29 is 13.6 Å². The zero-order chi connectivity index (χ0) is 29.7. The van der Waals surface area contributed by atoms with Gasteiger partial charge >= 0.3 is 0 Å². The van der Waals surface area contributed by atoms with E-state index in [1.54, 1.807) is 37.6 Å². The number of halogens is 2. The van der Waals surface area contributed by atoms with Crippen LogP contribution in [0.5, 0.6) is 0 Å². The van der Waals surface area contributed by atoms with Crippen molar-refractivity contribution in [1.82, 2.24) is 44.8 Å². The molecule has 5 heterocycles. The Bertz CT molecular complexity index is 2000. The molecular formula is C30H24F2N10O. The van der Waals surface area contributed by atoms with Crippen molar-refractivity contribution in [3.8, 4) is 22.9 Å². The standard InChI is InChI=1S/C30H24F2N10O/c1-16-19(7-9-23(37-16)26(31)32)30(43)39-22-8-4-17-15-18(5-6-20(17)22)41-28(21-3-2-12-34-27(21)33)38-24-10-11-25(40-29(24)41)42-35-13-14-36-42/h2-3,5-7,9-15,22,26H,4,8H2,1H3,(H2,33,34)(H,39,43)/t22-/m0/s1. The van der Waals surface area contributed by atoms with E-state index in [1.165, 1.54) is 16.9 Å². The molecule has 1 aliphatic rings. The van der Waals surface area contributed by atoms with Crippen molar-refractivity contribution in [2.75, 3.05) is 5.73 Å². The third-order valence-electron chi connectivity index (χ3n) is 7.54. The minimum atomic E-state index is -2.70. The Hall–Kier alpha value is -5.59. The van der Waals surface area contributed by atoms with E-state index in [4.69, 9.17) is 15.7 Å². The van der Waals surface area contributed by atoms with Gasteiger partial charge in [-0.05, 0) is 79.4 Å². The van der Waals surface area contributed by atoms with Crippen molar-refractivity contribution in [3.63, 3.8) is 0 Å². The lowest BCUT2D eigenvalue weighted by Crippen LogP contribution is -2.28. The molecule has 6 aromatic rings. The third kappa shape index (κ3) is 4.64. The van der Waals surface area contributed by atoms with Gasteiger partial charge in [0.15, 0.2) is 17.3 Å². The van der Waals surface area contributed by atoms with E-state index in [1.807, 2.05) is 28.8 Å². The molecule has 3 N–H and O–H groups in total. The third-order valence-corrected chi connectivity index (χ3v) is 7.54. The molecule has 0 aliphatic heterocycles. The Morgan fingerprint density at radius 1 is 1.02 bits per heavy atom. The second-order valence-corrected chi connectivity index (χ2v) is 10.2. The summed E-state index contributed by atoms with van der Waals surface area (Å²) in [5, 5.41) is 11.5. The average molecular weight is 579 g/mol. The van der Waals surface area contributed by atoms with Gasteiger partial charge in [-0.15, -0.1) is 4.80 Å². The van der Waals surface area contributed by atoms with E-state index in [9.17, 15) is 13.6 Å². The van der Waals surface area contributed by atoms with E-state index in [2.05, 4.69) is 31.5 Å². The van der Waals surface area contributed by atoms with Gasteiger partial charge in [0, 0.05) is 11.9 Å². The molecule has 11 nitrogen and oxygen atoms in total. The van der Waals surface area contributed by atoms with Crippen molar-refractivity contribution in [1.29, 1.82) is 0 Å². The first-order valence-electron chi connectivity index (χ1n) is 13.5. The highest BCUT2D eigenvalue weighted by molar-refractivity contribution is 5.95. The highest BCUT2D eigenvalue weighted by Crippen LogP contribution is 2.36. The number of fused-ring (bicyclic) bond motifs is 2. The number of pyridine rings is 3. The molecule has 1 aromatic carbocycles. The Kier molecular flexibility index (Phi) is 6.34. The maximum Gasteiger partial charge on any atom is 0.280 e. The number of imidazole rings is 1. The number of hydrogen-bond acceptors (Lipinski definition) is 8. The summed E-state index contributed by atoms with van der Waals surface area (Å²) in [6, 6.07) is 15.6. The van der Waals surface area contributed by atoms with Gasteiger partial charge in [0.1, 0.15) is 17.0 Å². The minimum absolute atomic E-state index is 0.241. The van der Waals surface area contributed by atoms with Crippen LogP contribution in [0.4, 0.5) is 14.6 Å². The average Bonchev–Trinajstić information content (AvgIpc) is 3.76. The number of nitrogens with two attached hydrogens (primary N) is 1. The van der Waals surface area contributed by atoms with E-state index < -0.39 is 6.43 Å². The number of benzene rings is 1. The fraction of sp³-hybridized carbons (Fsp3) is 0.167. The largest absolute Gasteiger partial charge is 0.383 e. The van der Waals surface area contributed by atoms with Crippen LogP contribution in [0, 0.1) is 6.92 Å². The van der Waals surface area contributed by atoms with Crippen molar-refractivity contribution in [2.24, 2.45) is 0 Å². The molecule has 214 valence electrons. The summed E-state index contributed by atoms with van der Waals surface area (Å²) < 4.78 is 28.0. The number of nitrogens with one attached hydrogen (secondary N) is 1. The van der Waals surface area contributed by atoms with Crippen LogP contribution in [0.25, 0.3) is 34.1 Å². The molecule has 0 unspecified atom stereocenters. The van der Waals surface area contributed by atoms with Crippen LogP contribution in [-0.4, -0.2) is 45.4 Å². The van der Waals surface area contributed by atoms with Gasteiger partial charge in [-0.3, -0.25) is 14.3 Å². The molecular weight excluding hydrogens is 554 g/mol. The van der Waals surface area contributed by atoms with Gasteiger partial charge in [0.2, 0.25) is 0 Å². The Morgan fingerprint density at radius 3 is 2.63 bits per heavy atom. The normalized spacial score (nSPS) is 14.4. The molecule has 13 heteroatoms. The second-order valence-electron chi connectivity index (χ2n) is 10.2. The first-order valence-corrected chi connectivity index (χ1v) is 13.5.